The Labute approximate surface area is 94.4 Å². The van der Waals surface area contributed by atoms with Gasteiger partial charge >= 0.3 is 0 Å². The van der Waals surface area contributed by atoms with Gasteiger partial charge in [0.1, 0.15) is 0 Å². The van der Waals surface area contributed by atoms with Crippen LogP contribution in [0.15, 0.2) is 6.20 Å². The van der Waals surface area contributed by atoms with E-state index in [-0.39, 0.29) is 0 Å². The van der Waals surface area contributed by atoms with Crippen LogP contribution in [0.5, 0.6) is 0 Å². The van der Waals surface area contributed by atoms with Gasteiger partial charge in [-0.05, 0) is 32.7 Å². The van der Waals surface area contributed by atoms with E-state index in [2.05, 4.69) is 14.1 Å². The Kier molecular flexibility index (Phi) is 4.05. The lowest BCUT2D eigenvalue weighted by Crippen LogP contribution is -2.19. The topological polar surface area (TPSA) is 47.0 Å². The van der Waals surface area contributed by atoms with Gasteiger partial charge in [0.15, 0.2) is 0 Å². The van der Waals surface area contributed by atoms with E-state index in [0.29, 0.717) is 12.1 Å². The summed E-state index contributed by atoms with van der Waals surface area (Å²) in [5.74, 6) is 0. The number of nitrogens with one attached hydrogen (secondary N) is 1. The first-order valence-electron chi connectivity index (χ1n) is 5.46. The van der Waals surface area contributed by atoms with Crippen LogP contribution in [0.1, 0.15) is 37.4 Å². The van der Waals surface area contributed by atoms with E-state index in [1.807, 2.05) is 13.2 Å². The largest absolute Gasteiger partial charge is 0.378 e. The molecule has 15 heavy (non-hydrogen) atoms. The molecule has 0 amide bonds. The third-order valence-corrected chi connectivity index (χ3v) is 3.38. The Morgan fingerprint density at radius 1 is 1.73 bits per heavy atom. The highest BCUT2D eigenvalue weighted by Gasteiger charge is 2.19. The van der Waals surface area contributed by atoms with Crippen LogP contribution in [0.4, 0.5) is 0 Å². The predicted octanol–water partition coefficient (Wildman–Crippen LogP) is 1.76. The molecule has 1 aliphatic rings. The number of hydrogen-bond donors (Lipinski definition) is 1. The molecule has 0 aliphatic carbocycles. The zero-order chi connectivity index (χ0) is 10.5. The minimum atomic E-state index is 0.327. The second kappa shape index (κ2) is 5.53. The molecule has 2 rings (SSSR count). The highest BCUT2D eigenvalue weighted by atomic mass is 32.1. The summed E-state index contributed by atoms with van der Waals surface area (Å²) in [5, 5.41) is 3.28. The predicted molar refractivity (Wildman–Crippen MR) is 59.9 cm³/mol. The molecule has 0 aromatic carbocycles. The number of ether oxygens (including phenoxy) is 1. The fourth-order valence-corrected chi connectivity index (χ4v) is 2.46. The molecule has 2 unspecified atom stereocenters. The van der Waals surface area contributed by atoms with Gasteiger partial charge in [-0.1, -0.05) is 0 Å². The lowest BCUT2D eigenvalue weighted by atomic mass is 10.0. The average molecular weight is 227 g/mol. The van der Waals surface area contributed by atoms with Gasteiger partial charge in [0.25, 0.3) is 0 Å². The molecule has 0 radical (unpaired) electrons. The second-order valence-corrected chi connectivity index (χ2v) is 4.44. The zero-order valence-corrected chi connectivity index (χ0v) is 9.80. The summed E-state index contributed by atoms with van der Waals surface area (Å²) in [4.78, 5) is 0. The van der Waals surface area contributed by atoms with Crippen LogP contribution in [-0.2, 0) is 4.74 Å². The van der Waals surface area contributed by atoms with Crippen LogP contribution in [0.3, 0.4) is 0 Å². The summed E-state index contributed by atoms with van der Waals surface area (Å²) in [6.45, 7) is 0.938. The molecule has 1 aromatic rings. The molecule has 1 aliphatic heterocycles. The van der Waals surface area contributed by atoms with E-state index in [1.54, 1.807) is 0 Å². The maximum atomic E-state index is 5.60. The molecule has 2 atom stereocenters. The van der Waals surface area contributed by atoms with Gasteiger partial charge < -0.3 is 10.1 Å². The second-order valence-electron chi connectivity index (χ2n) is 3.89. The summed E-state index contributed by atoms with van der Waals surface area (Å²) in [7, 11) is 1.97. The smallest absolute Gasteiger partial charge is 0.0912 e. The van der Waals surface area contributed by atoms with Crippen LogP contribution in [-0.4, -0.2) is 28.5 Å². The Morgan fingerprint density at radius 3 is 3.27 bits per heavy atom. The summed E-state index contributed by atoms with van der Waals surface area (Å²) >= 11 is 1.27. The molecule has 0 spiro atoms. The number of nitrogens with zero attached hydrogens (tertiary/aromatic N) is 2. The first kappa shape index (κ1) is 11.0. The van der Waals surface area contributed by atoms with Crippen molar-refractivity contribution in [2.75, 3.05) is 13.7 Å². The fourth-order valence-electron chi connectivity index (χ4n) is 1.99. The SMILES string of the molecule is CNC(CCC1CCCO1)c1cnsn1. The van der Waals surface area contributed by atoms with Gasteiger partial charge in [-0.3, -0.25) is 0 Å². The molecule has 0 bridgehead atoms. The van der Waals surface area contributed by atoms with Crippen molar-refractivity contribution in [2.45, 2.75) is 37.8 Å². The number of aromatic nitrogens is 2. The monoisotopic (exact) mass is 227 g/mol. The maximum Gasteiger partial charge on any atom is 0.0912 e. The van der Waals surface area contributed by atoms with E-state index >= 15 is 0 Å². The molecular formula is C10H17N3OS. The lowest BCUT2D eigenvalue weighted by molar-refractivity contribution is 0.0997. The fraction of sp³-hybridized carbons (Fsp3) is 0.800. The Balaban J connectivity index is 1.80. The summed E-state index contributed by atoms with van der Waals surface area (Å²) in [6.07, 6.45) is 6.93. The van der Waals surface area contributed by atoms with Crippen molar-refractivity contribution in [3.05, 3.63) is 11.9 Å². The minimum Gasteiger partial charge on any atom is -0.378 e. The van der Waals surface area contributed by atoms with Crippen LogP contribution in [0.2, 0.25) is 0 Å². The molecule has 4 nitrogen and oxygen atoms in total. The van der Waals surface area contributed by atoms with Crippen molar-refractivity contribution in [1.29, 1.82) is 0 Å². The van der Waals surface area contributed by atoms with Gasteiger partial charge in [-0.25, -0.2) is 0 Å². The first-order chi connectivity index (χ1) is 7.40. The van der Waals surface area contributed by atoms with Crippen molar-refractivity contribution in [2.24, 2.45) is 0 Å². The van der Waals surface area contributed by atoms with E-state index in [4.69, 9.17) is 4.74 Å². The van der Waals surface area contributed by atoms with Crippen LogP contribution < -0.4 is 5.32 Å². The summed E-state index contributed by atoms with van der Waals surface area (Å²) in [5.41, 5.74) is 1.06. The Morgan fingerprint density at radius 2 is 2.67 bits per heavy atom. The van der Waals surface area contributed by atoms with Crippen molar-refractivity contribution in [1.82, 2.24) is 14.1 Å². The molecule has 1 saturated heterocycles. The summed E-state index contributed by atoms with van der Waals surface area (Å²) in [6, 6.07) is 0.327. The third-order valence-electron chi connectivity index (χ3n) is 2.89. The minimum absolute atomic E-state index is 0.327. The zero-order valence-electron chi connectivity index (χ0n) is 8.98. The number of hydrogen-bond acceptors (Lipinski definition) is 5. The van der Waals surface area contributed by atoms with Crippen molar-refractivity contribution >= 4 is 11.7 Å². The summed E-state index contributed by atoms with van der Waals surface area (Å²) < 4.78 is 13.9. The Hall–Kier alpha value is -0.520. The highest BCUT2D eigenvalue weighted by molar-refractivity contribution is 6.99. The third kappa shape index (κ3) is 2.96. The average Bonchev–Trinajstić information content (AvgIpc) is 2.90. The van der Waals surface area contributed by atoms with E-state index in [9.17, 15) is 0 Å². The van der Waals surface area contributed by atoms with E-state index in [1.165, 1.54) is 24.6 Å². The van der Waals surface area contributed by atoms with Gasteiger partial charge in [0, 0.05) is 6.61 Å². The molecule has 1 fully saturated rings. The van der Waals surface area contributed by atoms with Gasteiger partial charge in [-0.2, -0.15) is 8.75 Å². The van der Waals surface area contributed by atoms with Gasteiger partial charge in [0.2, 0.25) is 0 Å². The maximum absolute atomic E-state index is 5.60. The Bertz CT molecular complexity index is 272. The highest BCUT2D eigenvalue weighted by Crippen LogP contribution is 2.22. The molecule has 0 saturated carbocycles. The van der Waals surface area contributed by atoms with Crippen LogP contribution in [0, 0.1) is 0 Å². The molecular weight excluding hydrogens is 210 g/mol. The van der Waals surface area contributed by atoms with Gasteiger partial charge in [-0.15, -0.1) is 0 Å². The van der Waals surface area contributed by atoms with Crippen LogP contribution in [0.25, 0.3) is 0 Å². The van der Waals surface area contributed by atoms with E-state index < -0.39 is 0 Å². The lowest BCUT2D eigenvalue weighted by Gasteiger charge is -2.15. The van der Waals surface area contributed by atoms with Gasteiger partial charge in [0.05, 0.1) is 35.8 Å². The molecule has 5 heteroatoms. The molecule has 1 aromatic heterocycles. The standard InChI is InChI=1S/C10H17N3OS/c1-11-9(10-7-12-15-13-10)5-4-8-3-2-6-14-8/h7-9,11H,2-6H2,1H3. The molecule has 2 heterocycles. The van der Waals surface area contributed by atoms with Crippen LogP contribution >= 0.6 is 11.7 Å². The first-order valence-corrected chi connectivity index (χ1v) is 6.19. The molecule has 1 N–H and O–H groups in total. The normalized spacial score (nSPS) is 23.1. The molecule has 84 valence electrons. The quantitative estimate of drug-likeness (QED) is 0.832. The van der Waals surface area contributed by atoms with E-state index in [0.717, 1.165) is 25.1 Å². The van der Waals surface area contributed by atoms with Crippen molar-refractivity contribution in [3.63, 3.8) is 0 Å². The number of rotatable bonds is 5. The van der Waals surface area contributed by atoms with Crippen molar-refractivity contribution in [3.8, 4) is 0 Å². The van der Waals surface area contributed by atoms with Crippen molar-refractivity contribution < 1.29 is 4.74 Å².